The third kappa shape index (κ3) is 6.10. The molecule has 2 aromatic rings. The predicted molar refractivity (Wildman–Crippen MR) is 134 cm³/mol. The molecule has 7 heteroatoms. The Hall–Kier alpha value is -2.57. The molecular formula is C27H35ClN2O4. The number of carbonyl (C=O) groups excluding carboxylic acids is 2. The van der Waals surface area contributed by atoms with Gasteiger partial charge in [0.2, 0.25) is 5.78 Å². The third-order valence-corrected chi connectivity index (χ3v) is 6.44. The Bertz CT molecular complexity index is 1020. The number of nitrogens with zero attached hydrogens (tertiary/aromatic N) is 2. The summed E-state index contributed by atoms with van der Waals surface area (Å²) in [6.45, 7) is 9.46. The van der Waals surface area contributed by atoms with Crippen molar-refractivity contribution in [3.8, 4) is 0 Å². The van der Waals surface area contributed by atoms with Crippen molar-refractivity contribution >= 4 is 23.3 Å². The van der Waals surface area contributed by atoms with E-state index in [2.05, 4.69) is 18.7 Å². The van der Waals surface area contributed by atoms with Gasteiger partial charge in [-0.05, 0) is 75.6 Å². The summed E-state index contributed by atoms with van der Waals surface area (Å²) in [5.74, 6) is -0.851. The van der Waals surface area contributed by atoms with Gasteiger partial charge < -0.3 is 19.3 Å². The van der Waals surface area contributed by atoms with Crippen molar-refractivity contribution in [2.24, 2.45) is 0 Å². The Labute approximate surface area is 207 Å². The lowest BCUT2D eigenvalue weighted by molar-refractivity contribution is -0.129. The summed E-state index contributed by atoms with van der Waals surface area (Å²) >= 11 is 6.24. The van der Waals surface area contributed by atoms with Gasteiger partial charge in [-0.15, -0.1) is 0 Å². The van der Waals surface area contributed by atoms with E-state index in [1.54, 1.807) is 42.2 Å². The van der Waals surface area contributed by atoms with Crippen LogP contribution in [0.15, 0.2) is 52.1 Å². The first-order chi connectivity index (χ1) is 16.4. The molecule has 184 valence electrons. The monoisotopic (exact) mass is 486 g/mol. The second-order valence-electron chi connectivity index (χ2n) is 8.86. The molecule has 0 aliphatic carbocycles. The van der Waals surface area contributed by atoms with E-state index in [-0.39, 0.29) is 11.3 Å². The topological polar surface area (TPSA) is 74.0 Å². The van der Waals surface area contributed by atoms with Crippen molar-refractivity contribution in [3.05, 3.63) is 69.8 Å². The minimum Gasteiger partial charge on any atom is -0.503 e. The molecule has 0 saturated heterocycles. The van der Waals surface area contributed by atoms with Gasteiger partial charge in [-0.2, -0.15) is 0 Å². The van der Waals surface area contributed by atoms with Gasteiger partial charge in [-0.1, -0.05) is 50.4 Å². The molecule has 0 spiro atoms. The van der Waals surface area contributed by atoms with Gasteiger partial charge in [-0.3, -0.25) is 9.59 Å². The van der Waals surface area contributed by atoms with Gasteiger partial charge in [0.1, 0.15) is 5.76 Å². The molecule has 1 aliphatic heterocycles. The lowest BCUT2D eigenvalue weighted by Crippen LogP contribution is -2.35. The standard InChI is InChI=1S/C27H35ClN2O4/c1-4-6-14-29(15-7-5-2)16-9-17-30-24(20-10-8-11-21(28)18-20)23(26(32)27(30)33)25(31)22-13-12-19(3)34-22/h8,10-13,18,24,32H,4-7,9,14-17H2,1-3H3. The van der Waals surface area contributed by atoms with E-state index in [4.69, 9.17) is 16.0 Å². The zero-order valence-electron chi connectivity index (χ0n) is 20.3. The molecule has 1 N–H and O–H groups in total. The molecule has 6 nitrogen and oxygen atoms in total. The van der Waals surface area contributed by atoms with Crippen LogP contribution in [0.3, 0.4) is 0 Å². The van der Waals surface area contributed by atoms with E-state index in [9.17, 15) is 14.7 Å². The van der Waals surface area contributed by atoms with Gasteiger partial charge in [0, 0.05) is 11.6 Å². The van der Waals surface area contributed by atoms with Crippen molar-refractivity contribution < 1.29 is 19.1 Å². The van der Waals surface area contributed by atoms with Crippen molar-refractivity contribution in [3.63, 3.8) is 0 Å². The molecule has 1 unspecified atom stereocenters. The second kappa shape index (κ2) is 12.2. The normalized spacial score (nSPS) is 16.2. The van der Waals surface area contributed by atoms with Crippen LogP contribution in [0.2, 0.25) is 5.02 Å². The fraction of sp³-hybridized carbons (Fsp3) is 0.481. The minimum absolute atomic E-state index is 0.0374. The average Bonchev–Trinajstić information content (AvgIpc) is 3.36. The molecule has 0 fully saturated rings. The molecule has 1 aromatic carbocycles. The van der Waals surface area contributed by atoms with Crippen molar-refractivity contribution in [1.29, 1.82) is 0 Å². The first kappa shape index (κ1) is 26.0. The summed E-state index contributed by atoms with van der Waals surface area (Å²) in [6.07, 6.45) is 5.30. The molecule has 1 atom stereocenters. The van der Waals surface area contributed by atoms with Crippen molar-refractivity contribution in [2.75, 3.05) is 26.2 Å². The molecular weight excluding hydrogens is 452 g/mol. The lowest BCUT2D eigenvalue weighted by atomic mass is 9.95. The number of aryl methyl sites for hydroxylation is 1. The molecule has 2 heterocycles. The van der Waals surface area contributed by atoms with E-state index in [0.717, 1.165) is 51.7 Å². The van der Waals surface area contributed by atoms with Gasteiger partial charge in [0.05, 0.1) is 11.6 Å². The van der Waals surface area contributed by atoms with Crippen LogP contribution in [0.25, 0.3) is 0 Å². The van der Waals surface area contributed by atoms with Gasteiger partial charge in [-0.25, -0.2) is 0 Å². The molecule has 0 radical (unpaired) electrons. The quantitative estimate of drug-likeness (QED) is 0.345. The first-order valence-electron chi connectivity index (χ1n) is 12.2. The largest absolute Gasteiger partial charge is 0.503 e. The van der Waals surface area contributed by atoms with Crippen molar-refractivity contribution in [2.45, 2.75) is 58.9 Å². The molecule has 3 rings (SSSR count). The van der Waals surface area contributed by atoms with Gasteiger partial charge in [0.25, 0.3) is 5.91 Å². The minimum atomic E-state index is -0.719. The Morgan fingerprint density at radius 3 is 2.35 bits per heavy atom. The zero-order chi connectivity index (χ0) is 24.7. The SMILES string of the molecule is CCCCN(CCCC)CCCN1C(=O)C(O)=C(C(=O)c2ccc(C)o2)C1c1cccc(Cl)c1. The molecule has 0 bridgehead atoms. The van der Waals surface area contributed by atoms with Crippen LogP contribution in [-0.4, -0.2) is 52.8 Å². The smallest absolute Gasteiger partial charge is 0.290 e. The lowest BCUT2D eigenvalue weighted by Gasteiger charge is -2.28. The van der Waals surface area contributed by atoms with Crippen LogP contribution in [-0.2, 0) is 4.79 Å². The number of Topliss-reactive ketones (excluding diaryl/α,β-unsaturated/α-hetero) is 1. The van der Waals surface area contributed by atoms with Crippen LogP contribution in [0.5, 0.6) is 0 Å². The van der Waals surface area contributed by atoms with Crippen LogP contribution in [0, 0.1) is 6.92 Å². The number of hydrogen-bond donors (Lipinski definition) is 1. The molecule has 0 saturated carbocycles. The summed E-state index contributed by atoms with van der Waals surface area (Å²) in [4.78, 5) is 30.5. The Morgan fingerprint density at radius 1 is 1.09 bits per heavy atom. The fourth-order valence-corrected chi connectivity index (χ4v) is 4.59. The second-order valence-corrected chi connectivity index (χ2v) is 9.30. The van der Waals surface area contributed by atoms with Crippen LogP contribution < -0.4 is 0 Å². The van der Waals surface area contributed by atoms with Gasteiger partial charge in [0.15, 0.2) is 11.5 Å². The maximum atomic E-state index is 13.3. The first-order valence-corrected chi connectivity index (χ1v) is 12.6. The molecule has 34 heavy (non-hydrogen) atoms. The van der Waals surface area contributed by atoms with E-state index in [0.29, 0.717) is 22.9 Å². The molecule has 1 aliphatic rings. The number of furan rings is 1. The average molecular weight is 487 g/mol. The summed E-state index contributed by atoms with van der Waals surface area (Å²) in [5.41, 5.74) is 0.723. The van der Waals surface area contributed by atoms with Crippen LogP contribution in [0.4, 0.5) is 0 Å². The number of amides is 1. The highest BCUT2D eigenvalue weighted by molar-refractivity contribution is 6.30. The van der Waals surface area contributed by atoms with E-state index < -0.39 is 23.5 Å². The summed E-state index contributed by atoms with van der Waals surface area (Å²) in [5, 5.41) is 11.3. The number of aliphatic hydroxyl groups is 1. The Balaban J connectivity index is 1.84. The number of rotatable bonds is 13. The maximum Gasteiger partial charge on any atom is 0.290 e. The highest BCUT2D eigenvalue weighted by Crippen LogP contribution is 2.39. The zero-order valence-corrected chi connectivity index (χ0v) is 21.1. The van der Waals surface area contributed by atoms with E-state index in [1.165, 1.54) is 0 Å². The van der Waals surface area contributed by atoms with Gasteiger partial charge >= 0.3 is 0 Å². The number of halogens is 1. The highest BCUT2D eigenvalue weighted by atomic mass is 35.5. The molecule has 1 amide bonds. The summed E-state index contributed by atoms with van der Waals surface area (Å²) in [6, 6.07) is 9.63. The molecule has 1 aromatic heterocycles. The maximum absolute atomic E-state index is 13.3. The summed E-state index contributed by atoms with van der Waals surface area (Å²) in [7, 11) is 0. The number of benzene rings is 1. The third-order valence-electron chi connectivity index (χ3n) is 6.21. The number of aliphatic hydroxyl groups excluding tert-OH is 1. The van der Waals surface area contributed by atoms with Crippen LogP contribution in [0.1, 0.15) is 73.9 Å². The number of hydrogen-bond acceptors (Lipinski definition) is 5. The van der Waals surface area contributed by atoms with E-state index >= 15 is 0 Å². The number of unbranched alkanes of at least 4 members (excludes halogenated alkanes) is 2. The van der Waals surface area contributed by atoms with Crippen molar-refractivity contribution in [1.82, 2.24) is 9.80 Å². The Morgan fingerprint density at radius 2 is 1.76 bits per heavy atom. The Kier molecular flexibility index (Phi) is 9.36. The fourth-order valence-electron chi connectivity index (χ4n) is 4.39. The predicted octanol–water partition coefficient (Wildman–Crippen LogP) is 6.11. The highest BCUT2D eigenvalue weighted by Gasteiger charge is 2.44. The van der Waals surface area contributed by atoms with Crippen LogP contribution >= 0.6 is 11.6 Å². The number of ketones is 1. The number of carbonyl (C=O) groups is 2. The van der Waals surface area contributed by atoms with E-state index in [1.807, 2.05) is 6.07 Å². The summed E-state index contributed by atoms with van der Waals surface area (Å²) < 4.78 is 5.51.